The molecule has 8 nitrogen and oxygen atoms in total. The summed E-state index contributed by atoms with van der Waals surface area (Å²) >= 11 is 5.23. The van der Waals surface area contributed by atoms with Gasteiger partial charge in [-0.25, -0.2) is 9.69 Å². The molecule has 9 heteroatoms. The van der Waals surface area contributed by atoms with E-state index in [2.05, 4.69) is 5.32 Å². The van der Waals surface area contributed by atoms with Crippen molar-refractivity contribution in [3.8, 4) is 0 Å². The molecule has 0 bridgehead atoms. The Hall–Kier alpha value is -3.46. The predicted molar refractivity (Wildman–Crippen MR) is 115 cm³/mol. The zero-order valence-electron chi connectivity index (χ0n) is 16.8. The van der Waals surface area contributed by atoms with E-state index >= 15 is 0 Å². The number of carbonyl (C=O) groups is 3. The lowest BCUT2D eigenvalue weighted by Crippen LogP contribution is -2.60. The second-order valence-corrected chi connectivity index (χ2v) is 8.61. The molecular formula is C22H19N3O5S. The van der Waals surface area contributed by atoms with Crippen molar-refractivity contribution in [2.75, 3.05) is 11.5 Å². The van der Waals surface area contributed by atoms with E-state index in [4.69, 9.17) is 21.7 Å². The summed E-state index contributed by atoms with van der Waals surface area (Å²) < 4.78 is 11.0. The van der Waals surface area contributed by atoms with Crippen LogP contribution in [-0.4, -0.2) is 46.2 Å². The van der Waals surface area contributed by atoms with Gasteiger partial charge in [-0.3, -0.25) is 14.5 Å². The molecule has 3 aliphatic heterocycles. The van der Waals surface area contributed by atoms with Crippen LogP contribution in [0.15, 0.2) is 54.6 Å². The van der Waals surface area contributed by atoms with E-state index in [-0.39, 0.29) is 11.8 Å². The zero-order chi connectivity index (χ0) is 22.0. The van der Waals surface area contributed by atoms with E-state index in [1.807, 2.05) is 18.2 Å². The SMILES string of the molecule is CC1(C)COC(=O)N1C(=O)[C@@H]1NC(=S)O[C@]12C(=O)N(c1ccccc1)c1ccccc12. The lowest BCUT2D eigenvalue weighted by Gasteiger charge is -2.32. The van der Waals surface area contributed by atoms with Crippen molar-refractivity contribution in [1.82, 2.24) is 10.2 Å². The van der Waals surface area contributed by atoms with Crippen molar-refractivity contribution >= 4 is 46.7 Å². The van der Waals surface area contributed by atoms with Crippen LogP contribution in [-0.2, 0) is 24.7 Å². The minimum absolute atomic E-state index is 0.0588. The highest BCUT2D eigenvalue weighted by Gasteiger charge is 2.66. The summed E-state index contributed by atoms with van der Waals surface area (Å²) in [5.41, 5.74) is -0.891. The fourth-order valence-corrected chi connectivity index (χ4v) is 4.66. The number of fused-ring (bicyclic) bond motifs is 2. The third-order valence-corrected chi connectivity index (χ3v) is 6.01. The quantitative estimate of drug-likeness (QED) is 0.723. The van der Waals surface area contributed by atoms with Crippen molar-refractivity contribution < 1.29 is 23.9 Å². The Bertz CT molecular complexity index is 1130. The molecule has 2 aromatic carbocycles. The zero-order valence-corrected chi connectivity index (χ0v) is 17.6. The molecule has 2 atom stereocenters. The van der Waals surface area contributed by atoms with E-state index < -0.39 is 35.1 Å². The molecule has 0 aliphatic carbocycles. The molecule has 0 saturated carbocycles. The molecule has 5 rings (SSSR count). The second kappa shape index (κ2) is 6.52. The van der Waals surface area contributed by atoms with Crippen LogP contribution in [0.4, 0.5) is 16.2 Å². The van der Waals surface area contributed by atoms with Crippen LogP contribution < -0.4 is 10.2 Å². The molecule has 0 unspecified atom stereocenters. The Kier molecular flexibility index (Phi) is 4.10. The van der Waals surface area contributed by atoms with Crippen LogP contribution in [0.3, 0.4) is 0 Å². The monoisotopic (exact) mass is 437 g/mol. The minimum Gasteiger partial charge on any atom is -0.447 e. The number of thiocarbonyl (C=S) groups is 1. The average molecular weight is 437 g/mol. The Morgan fingerprint density at radius 3 is 2.45 bits per heavy atom. The average Bonchev–Trinajstić information content (AvgIpc) is 3.33. The maximum absolute atomic E-state index is 13.9. The standard InChI is InChI=1S/C22H19N3O5S/c1-21(2)12-29-20(28)25(21)17(26)16-22(30-19(31)23-16)14-10-6-7-11-15(14)24(18(22)27)13-8-4-3-5-9-13/h3-11,16H,12H2,1-2H3,(H,23,31)/t16-,22-/m0/s1. The number of anilines is 2. The van der Waals surface area contributed by atoms with Gasteiger partial charge in [0.15, 0.2) is 6.04 Å². The first-order chi connectivity index (χ1) is 14.8. The van der Waals surface area contributed by atoms with Gasteiger partial charge in [0.2, 0.25) is 5.60 Å². The molecule has 3 amide bonds. The number of amides is 3. The molecule has 158 valence electrons. The first-order valence-electron chi connectivity index (χ1n) is 9.77. The summed E-state index contributed by atoms with van der Waals surface area (Å²) in [6, 6.07) is 14.9. The summed E-state index contributed by atoms with van der Waals surface area (Å²) in [4.78, 5) is 42.5. The Labute approximate surface area is 183 Å². The summed E-state index contributed by atoms with van der Waals surface area (Å²) in [7, 11) is 0. The van der Waals surface area contributed by atoms with Gasteiger partial charge >= 0.3 is 6.09 Å². The van der Waals surface area contributed by atoms with Crippen LogP contribution in [0.25, 0.3) is 0 Å². The van der Waals surface area contributed by atoms with Crippen molar-refractivity contribution in [3.05, 3.63) is 60.2 Å². The molecule has 0 aromatic heterocycles. The van der Waals surface area contributed by atoms with Crippen molar-refractivity contribution in [2.24, 2.45) is 0 Å². The summed E-state index contributed by atoms with van der Waals surface area (Å²) in [5, 5.41) is 2.75. The number of para-hydroxylation sites is 2. The number of carbonyl (C=O) groups excluding carboxylic acids is 3. The van der Waals surface area contributed by atoms with Gasteiger partial charge in [0.05, 0.1) is 11.2 Å². The first-order valence-corrected chi connectivity index (χ1v) is 10.2. The molecule has 31 heavy (non-hydrogen) atoms. The fraction of sp³-hybridized carbons (Fsp3) is 0.273. The maximum atomic E-state index is 13.9. The lowest BCUT2D eigenvalue weighted by molar-refractivity contribution is -0.145. The molecule has 2 aromatic rings. The molecule has 2 fully saturated rings. The number of hydrogen-bond acceptors (Lipinski definition) is 6. The minimum atomic E-state index is -1.74. The third kappa shape index (κ3) is 2.59. The van der Waals surface area contributed by atoms with Gasteiger partial charge in [0, 0.05) is 11.3 Å². The van der Waals surface area contributed by atoms with Crippen LogP contribution in [0.5, 0.6) is 0 Å². The van der Waals surface area contributed by atoms with Gasteiger partial charge in [-0.2, -0.15) is 0 Å². The van der Waals surface area contributed by atoms with Gasteiger partial charge in [-0.05, 0) is 44.3 Å². The molecule has 2 saturated heterocycles. The van der Waals surface area contributed by atoms with E-state index in [1.54, 1.807) is 50.2 Å². The van der Waals surface area contributed by atoms with E-state index in [0.717, 1.165) is 4.90 Å². The third-order valence-electron chi connectivity index (χ3n) is 5.81. The highest BCUT2D eigenvalue weighted by molar-refractivity contribution is 7.80. The number of imide groups is 1. The highest BCUT2D eigenvalue weighted by Crippen LogP contribution is 2.50. The summed E-state index contributed by atoms with van der Waals surface area (Å²) in [6.07, 6.45) is -0.761. The number of cyclic esters (lactones) is 1. The van der Waals surface area contributed by atoms with E-state index in [1.165, 1.54) is 4.90 Å². The second-order valence-electron chi connectivity index (χ2n) is 8.24. The van der Waals surface area contributed by atoms with Crippen LogP contribution in [0, 0.1) is 0 Å². The molecule has 0 radical (unpaired) electrons. The van der Waals surface area contributed by atoms with Crippen LogP contribution >= 0.6 is 12.2 Å². The Morgan fingerprint density at radius 2 is 1.77 bits per heavy atom. The number of ether oxygens (including phenoxy) is 2. The van der Waals surface area contributed by atoms with Gasteiger partial charge in [0.1, 0.15) is 6.61 Å². The van der Waals surface area contributed by atoms with Crippen molar-refractivity contribution in [1.29, 1.82) is 0 Å². The smallest absolute Gasteiger partial charge is 0.417 e. The Morgan fingerprint density at radius 1 is 1.10 bits per heavy atom. The first kappa shape index (κ1) is 19.5. The predicted octanol–water partition coefficient (Wildman–Crippen LogP) is 2.59. The number of nitrogens with one attached hydrogen (secondary N) is 1. The van der Waals surface area contributed by atoms with Gasteiger partial charge < -0.3 is 14.8 Å². The summed E-state index contributed by atoms with van der Waals surface area (Å²) in [6.45, 7) is 3.50. The topological polar surface area (TPSA) is 88.2 Å². The highest BCUT2D eigenvalue weighted by atomic mass is 32.1. The van der Waals surface area contributed by atoms with Gasteiger partial charge in [-0.1, -0.05) is 36.4 Å². The van der Waals surface area contributed by atoms with E-state index in [0.29, 0.717) is 16.9 Å². The Balaban J connectivity index is 1.67. The fourth-order valence-electron chi connectivity index (χ4n) is 4.41. The normalized spacial score (nSPS) is 26.0. The molecule has 1 N–H and O–H groups in total. The molecule has 1 spiro atoms. The van der Waals surface area contributed by atoms with E-state index in [9.17, 15) is 14.4 Å². The van der Waals surface area contributed by atoms with Crippen LogP contribution in [0.1, 0.15) is 19.4 Å². The summed E-state index contributed by atoms with van der Waals surface area (Å²) in [5.74, 6) is -1.10. The van der Waals surface area contributed by atoms with Gasteiger partial charge in [0.25, 0.3) is 17.0 Å². The van der Waals surface area contributed by atoms with Gasteiger partial charge in [-0.15, -0.1) is 0 Å². The largest absolute Gasteiger partial charge is 0.447 e. The van der Waals surface area contributed by atoms with Crippen LogP contribution in [0.2, 0.25) is 0 Å². The number of rotatable bonds is 2. The lowest BCUT2D eigenvalue weighted by atomic mass is 9.86. The van der Waals surface area contributed by atoms with Crippen molar-refractivity contribution in [3.63, 3.8) is 0 Å². The maximum Gasteiger partial charge on any atom is 0.417 e. The number of benzene rings is 2. The number of hydrogen-bond donors (Lipinski definition) is 1. The molecule has 3 heterocycles. The molecular weight excluding hydrogens is 418 g/mol. The number of nitrogens with zero attached hydrogens (tertiary/aromatic N) is 2. The molecule has 3 aliphatic rings. The van der Waals surface area contributed by atoms with Crippen molar-refractivity contribution in [2.45, 2.75) is 31.0 Å².